The van der Waals surface area contributed by atoms with E-state index >= 15 is 0 Å². The molecule has 1 N–H and O–H groups in total. The fourth-order valence-electron chi connectivity index (χ4n) is 2.30. The summed E-state index contributed by atoms with van der Waals surface area (Å²) in [5.41, 5.74) is 5.04. The molecule has 110 valence electrons. The van der Waals surface area contributed by atoms with Crippen LogP contribution >= 0.6 is 23.6 Å². The number of aromatic nitrogens is 3. The Morgan fingerprint density at radius 2 is 2.33 bits per heavy atom. The van der Waals surface area contributed by atoms with Gasteiger partial charge in [-0.15, -0.1) is 11.3 Å². The van der Waals surface area contributed by atoms with E-state index in [2.05, 4.69) is 32.9 Å². The minimum absolute atomic E-state index is 0.712. The van der Waals surface area contributed by atoms with Crippen LogP contribution in [0.15, 0.2) is 29.1 Å². The summed E-state index contributed by atoms with van der Waals surface area (Å²) in [7, 11) is 0. The van der Waals surface area contributed by atoms with Gasteiger partial charge in [-0.3, -0.25) is 0 Å². The van der Waals surface area contributed by atoms with Gasteiger partial charge in [0, 0.05) is 18.3 Å². The number of rotatable bonds is 6. The van der Waals surface area contributed by atoms with Gasteiger partial charge in [0.2, 0.25) is 0 Å². The monoisotopic (exact) mass is 319 g/mol. The zero-order valence-electron chi connectivity index (χ0n) is 11.8. The number of benzene rings is 1. The molecule has 0 bridgehead atoms. The molecule has 3 aromatic rings. The zero-order valence-corrected chi connectivity index (χ0v) is 13.5. The van der Waals surface area contributed by atoms with Crippen molar-refractivity contribution in [2.75, 3.05) is 6.61 Å². The van der Waals surface area contributed by atoms with Crippen molar-refractivity contribution in [1.82, 2.24) is 14.5 Å². The van der Waals surface area contributed by atoms with E-state index in [1.807, 2.05) is 17.6 Å². The van der Waals surface area contributed by atoms with Crippen molar-refractivity contribution in [3.8, 4) is 5.75 Å². The summed E-state index contributed by atoms with van der Waals surface area (Å²) in [4.78, 5) is 7.59. The Hall–Kier alpha value is -1.66. The number of hydrogen-bond donors (Lipinski definition) is 1. The third-order valence-electron chi connectivity index (χ3n) is 3.31. The molecule has 2 aromatic heterocycles. The SMILES string of the molecule is CCCOc1cccc2c1[nH]c(=S)n2CCc1cscn1. The minimum atomic E-state index is 0.712. The summed E-state index contributed by atoms with van der Waals surface area (Å²) in [5.74, 6) is 0.868. The largest absolute Gasteiger partial charge is 0.491 e. The van der Waals surface area contributed by atoms with E-state index in [1.54, 1.807) is 11.3 Å². The predicted molar refractivity (Wildman–Crippen MR) is 88.7 cm³/mol. The highest BCUT2D eigenvalue weighted by Gasteiger charge is 2.09. The van der Waals surface area contributed by atoms with Gasteiger partial charge in [-0.25, -0.2) is 4.98 Å². The topological polar surface area (TPSA) is 42.8 Å². The number of H-pyrrole nitrogens is 1. The van der Waals surface area contributed by atoms with Crippen LogP contribution in [-0.2, 0) is 13.0 Å². The van der Waals surface area contributed by atoms with E-state index in [9.17, 15) is 0 Å². The molecule has 0 saturated heterocycles. The molecule has 1 aromatic carbocycles. The first-order valence-corrected chi connectivity index (χ1v) is 8.36. The van der Waals surface area contributed by atoms with Crippen LogP contribution in [0.5, 0.6) is 5.75 Å². The second kappa shape index (κ2) is 6.41. The van der Waals surface area contributed by atoms with Crippen LogP contribution in [0.2, 0.25) is 0 Å². The molecule has 0 atom stereocenters. The Balaban J connectivity index is 1.91. The van der Waals surface area contributed by atoms with Crippen molar-refractivity contribution in [2.24, 2.45) is 0 Å². The maximum atomic E-state index is 5.79. The van der Waals surface area contributed by atoms with Crippen LogP contribution in [-0.4, -0.2) is 21.1 Å². The van der Waals surface area contributed by atoms with Crippen LogP contribution in [0.1, 0.15) is 19.0 Å². The second-order valence-electron chi connectivity index (χ2n) is 4.81. The van der Waals surface area contributed by atoms with Gasteiger partial charge in [-0.2, -0.15) is 0 Å². The van der Waals surface area contributed by atoms with Gasteiger partial charge >= 0.3 is 0 Å². The second-order valence-corrected chi connectivity index (χ2v) is 5.92. The lowest BCUT2D eigenvalue weighted by Gasteiger charge is -2.06. The van der Waals surface area contributed by atoms with E-state index in [-0.39, 0.29) is 0 Å². The van der Waals surface area contributed by atoms with Crippen LogP contribution in [0.3, 0.4) is 0 Å². The van der Waals surface area contributed by atoms with Gasteiger partial charge in [-0.05, 0) is 30.8 Å². The van der Waals surface area contributed by atoms with Gasteiger partial charge < -0.3 is 14.3 Å². The Morgan fingerprint density at radius 1 is 1.43 bits per heavy atom. The fraction of sp³-hybridized carbons (Fsp3) is 0.333. The normalized spacial score (nSPS) is 11.1. The Kier molecular flexibility index (Phi) is 4.36. The van der Waals surface area contributed by atoms with Crippen LogP contribution < -0.4 is 4.74 Å². The molecular weight excluding hydrogens is 302 g/mol. The molecule has 0 spiro atoms. The fourth-order valence-corrected chi connectivity index (χ4v) is 3.18. The molecule has 0 aliphatic rings. The first-order valence-electron chi connectivity index (χ1n) is 7.01. The van der Waals surface area contributed by atoms with Crippen LogP contribution in [0, 0.1) is 4.77 Å². The molecule has 6 heteroatoms. The molecule has 21 heavy (non-hydrogen) atoms. The van der Waals surface area contributed by atoms with E-state index in [4.69, 9.17) is 17.0 Å². The highest BCUT2D eigenvalue weighted by molar-refractivity contribution is 7.71. The van der Waals surface area contributed by atoms with Crippen molar-refractivity contribution in [3.63, 3.8) is 0 Å². The van der Waals surface area contributed by atoms with Gasteiger partial charge in [0.05, 0.1) is 23.3 Å². The zero-order chi connectivity index (χ0) is 14.7. The number of para-hydroxylation sites is 1. The van der Waals surface area contributed by atoms with Crippen molar-refractivity contribution in [3.05, 3.63) is 39.6 Å². The third kappa shape index (κ3) is 3.01. The molecule has 0 unspecified atom stereocenters. The van der Waals surface area contributed by atoms with Crippen molar-refractivity contribution < 1.29 is 4.74 Å². The molecule has 0 fully saturated rings. The Labute approximate surface area is 132 Å². The quantitative estimate of drug-likeness (QED) is 0.693. The minimum Gasteiger partial charge on any atom is -0.491 e. The highest BCUT2D eigenvalue weighted by atomic mass is 32.1. The molecule has 0 aliphatic heterocycles. The van der Waals surface area contributed by atoms with Crippen LogP contribution in [0.25, 0.3) is 11.0 Å². The average molecular weight is 319 g/mol. The lowest BCUT2D eigenvalue weighted by molar-refractivity contribution is 0.320. The Morgan fingerprint density at radius 3 is 3.10 bits per heavy atom. The van der Waals surface area contributed by atoms with Gasteiger partial charge in [0.25, 0.3) is 0 Å². The van der Waals surface area contributed by atoms with Crippen molar-refractivity contribution in [2.45, 2.75) is 26.3 Å². The Bertz CT molecular complexity index is 774. The van der Waals surface area contributed by atoms with Crippen LogP contribution in [0.4, 0.5) is 0 Å². The third-order valence-corrected chi connectivity index (χ3v) is 4.27. The average Bonchev–Trinajstić information content (AvgIpc) is 3.10. The van der Waals surface area contributed by atoms with Crippen molar-refractivity contribution in [1.29, 1.82) is 0 Å². The molecular formula is C15H17N3OS2. The molecule has 3 rings (SSSR count). The number of ether oxygens (including phenoxy) is 1. The van der Waals surface area contributed by atoms with Gasteiger partial charge in [0.15, 0.2) is 4.77 Å². The number of thiazole rings is 1. The lowest BCUT2D eigenvalue weighted by atomic mass is 10.2. The number of hydrogen-bond acceptors (Lipinski definition) is 4. The highest BCUT2D eigenvalue weighted by Crippen LogP contribution is 2.25. The molecule has 0 radical (unpaired) electrons. The molecule has 2 heterocycles. The number of imidazole rings is 1. The van der Waals surface area contributed by atoms with Gasteiger partial charge in [-0.1, -0.05) is 13.0 Å². The predicted octanol–water partition coefficient (Wildman–Crippen LogP) is 4.19. The first-order chi connectivity index (χ1) is 10.3. The summed E-state index contributed by atoms with van der Waals surface area (Å²) in [5, 5.41) is 2.08. The number of fused-ring (bicyclic) bond motifs is 1. The van der Waals surface area contributed by atoms with Crippen molar-refractivity contribution >= 4 is 34.6 Å². The number of aryl methyl sites for hydroxylation is 2. The van der Waals surface area contributed by atoms with Gasteiger partial charge in [0.1, 0.15) is 11.3 Å². The smallest absolute Gasteiger partial charge is 0.178 e. The summed E-state index contributed by atoms with van der Waals surface area (Å²) in [6, 6.07) is 6.06. The standard InChI is InChI=1S/C15H17N3OS2/c1-2-8-19-13-5-3-4-12-14(13)17-15(20)18(12)7-6-11-9-21-10-16-11/h3-5,9-10H,2,6-8H2,1H3,(H,17,20). The maximum absolute atomic E-state index is 5.79. The molecule has 0 aliphatic carbocycles. The summed E-state index contributed by atoms with van der Waals surface area (Å²) < 4.78 is 8.63. The molecule has 4 nitrogen and oxygen atoms in total. The van der Waals surface area contributed by atoms with E-state index in [0.717, 1.165) is 46.6 Å². The van der Waals surface area contributed by atoms with E-state index in [1.165, 1.54) is 0 Å². The summed E-state index contributed by atoms with van der Waals surface area (Å²) >= 11 is 7.08. The summed E-state index contributed by atoms with van der Waals surface area (Å²) in [6.45, 7) is 3.63. The number of nitrogens with one attached hydrogen (secondary N) is 1. The molecule has 0 amide bonds. The summed E-state index contributed by atoms with van der Waals surface area (Å²) in [6.07, 6.45) is 1.87. The number of aromatic amines is 1. The van der Waals surface area contributed by atoms with E-state index in [0.29, 0.717) is 6.61 Å². The first kappa shape index (κ1) is 14.3. The number of nitrogens with zero attached hydrogens (tertiary/aromatic N) is 2. The lowest BCUT2D eigenvalue weighted by Crippen LogP contribution is -2.01. The molecule has 0 saturated carbocycles. The maximum Gasteiger partial charge on any atom is 0.178 e. The van der Waals surface area contributed by atoms with E-state index < -0.39 is 0 Å².